The molecule has 4 amide bonds. The van der Waals surface area contributed by atoms with Crippen LogP contribution in [-0.4, -0.2) is 35.7 Å². The van der Waals surface area contributed by atoms with Gasteiger partial charge in [-0.15, -0.1) is 13.2 Å². The average Bonchev–Trinajstić information content (AvgIpc) is 2.67. The topological polar surface area (TPSA) is 102 Å². The van der Waals surface area contributed by atoms with Crippen molar-refractivity contribution in [2.45, 2.75) is 25.2 Å². The van der Waals surface area contributed by atoms with Crippen molar-refractivity contribution in [2.24, 2.45) is 5.73 Å². The molecule has 2 rings (SSSR count). The van der Waals surface area contributed by atoms with E-state index in [1.807, 2.05) is 0 Å². The number of carbonyl (C=O) groups is 3. The third-order valence-corrected chi connectivity index (χ3v) is 3.52. The summed E-state index contributed by atoms with van der Waals surface area (Å²) in [5.41, 5.74) is 3.81. The summed E-state index contributed by atoms with van der Waals surface area (Å²) in [6.45, 7) is 1.24. The van der Waals surface area contributed by atoms with Crippen molar-refractivity contribution >= 4 is 17.8 Å². The highest BCUT2D eigenvalue weighted by atomic mass is 19.4. The third kappa shape index (κ3) is 3.58. The van der Waals surface area contributed by atoms with Gasteiger partial charge in [0.2, 0.25) is 5.91 Å². The molecule has 0 saturated carbocycles. The second-order valence-corrected chi connectivity index (χ2v) is 5.30. The number of nitrogens with two attached hydrogens (primary N) is 1. The molecule has 1 atom stereocenters. The van der Waals surface area contributed by atoms with Crippen LogP contribution in [0.2, 0.25) is 0 Å². The lowest BCUT2D eigenvalue weighted by Gasteiger charge is -2.22. The van der Waals surface area contributed by atoms with Gasteiger partial charge >= 0.3 is 12.4 Å². The van der Waals surface area contributed by atoms with Gasteiger partial charge in [-0.25, -0.2) is 4.79 Å². The fourth-order valence-corrected chi connectivity index (χ4v) is 2.31. The largest absolute Gasteiger partial charge is 0.573 e. The van der Waals surface area contributed by atoms with Gasteiger partial charge in [-0.1, -0.05) is 12.1 Å². The lowest BCUT2D eigenvalue weighted by molar-refractivity contribution is -0.274. The number of hydrogen-bond donors (Lipinski definition) is 2. The van der Waals surface area contributed by atoms with Gasteiger partial charge in [-0.3, -0.25) is 14.5 Å². The number of amides is 4. The number of benzene rings is 1. The van der Waals surface area contributed by atoms with Crippen molar-refractivity contribution in [2.75, 3.05) is 6.54 Å². The highest BCUT2D eigenvalue weighted by Gasteiger charge is 2.48. The predicted octanol–water partition coefficient (Wildman–Crippen LogP) is 1.23. The summed E-state index contributed by atoms with van der Waals surface area (Å²) in [4.78, 5) is 36.0. The van der Waals surface area contributed by atoms with E-state index in [1.54, 1.807) is 0 Å². The van der Waals surface area contributed by atoms with E-state index in [4.69, 9.17) is 5.73 Å². The Balaban J connectivity index is 2.20. The highest BCUT2D eigenvalue weighted by molar-refractivity contribution is 6.07. The zero-order valence-corrected chi connectivity index (χ0v) is 12.5. The lowest BCUT2D eigenvalue weighted by Crippen LogP contribution is -2.41. The highest BCUT2D eigenvalue weighted by Crippen LogP contribution is 2.31. The number of rotatable bonds is 5. The summed E-state index contributed by atoms with van der Waals surface area (Å²) < 4.78 is 40.2. The molecule has 1 saturated heterocycles. The molecule has 1 heterocycles. The summed E-state index contributed by atoms with van der Waals surface area (Å²) in [5.74, 6) is -1.74. The van der Waals surface area contributed by atoms with Crippen LogP contribution >= 0.6 is 0 Å². The van der Waals surface area contributed by atoms with Gasteiger partial charge in [0, 0.05) is 13.0 Å². The zero-order chi connectivity index (χ0) is 18.1. The van der Waals surface area contributed by atoms with Gasteiger partial charge < -0.3 is 15.8 Å². The second kappa shape index (κ2) is 6.02. The molecule has 0 radical (unpaired) electrons. The van der Waals surface area contributed by atoms with E-state index in [0.29, 0.717) is 0 Å². The van der Waals surface area contributed by atoms with Crippen LogP contribution in [0.25, 0.3) is 0 Å². The first-order valence-corrected chi connectivity index (χ1v) is 6.81. The number of urea groups is 1. The molecule has 10 heteroatoms. The molecule has 24 heavy (non-hydrogen) atoms. The number of ether oxygens (including phenoxy) is 1. The molecule has 130 valence electrons. The molecule has 0 spiro atoms. The second-order valence-electron chi connectivity index (χ2n) is 5.30. The number of halogens is 3. The molecule has 0 bridgehead atoms. The van der Waals surface area contributed by atoms with Crippen molar-refractivity contribution in [1.82, 2.24) is 10.2 Å². The van der Waals surface area contributed by atoms with E-state index in [9.17, 15) is 27.6 Å². The van der Waals surface area contributed by atoms with Crippen LogP contribution in [0.1, 0.15) is 18.9 Å². The third-order valence-electron chi connectivity index (χ3n) is 3.52. The Hall–Kier alpha value is -2.78. The summed E-state index contributed by atoms with van der Waals surface area (Å²) in [6, 6.07) is 3.87. The van der Waals surface area contributed by atoms with Gasteiger partial charge in [-0.05, 0) is 24.6 Å². The van der Waals surface area contributed by atoms with Crippen LogP contribution < -0.4 is 15.8 Å². The van der Waals surface area contributed by atoms with Gasteiger partial charge in [0.25, 0.3) is 5.91 Å². The molecule has 0 aromatic heterocycles. The van der Waals surface area contributed by atoms with Gasteiger partial charge in [0.15, 0.2) is 0 Å². The maximum Gasteiger partial charge on any atom is 0.573 e. The molecule has 0 aliphatic carbocycles. The van der Waals surface area contributed by atoms with E-state index < -0.39 is 35.5 Å². The van der Waals surface area contributed by atoms with E-state index in [-0.39, 0.29) is 18.5 Å². The number of imide groups is 1. The molecule has 1 aromatic rings. The monoisotopic (exact) mass is 345 g/mol. The predicted molar refractivity (Wildman–Crippen MR) is 74.5 cm³/mol. The van der Waals surface area contributed by atoms with Crippen molar-refractivity contribution in [3.63, 3.8) is 0 Å². The molecule has 1 aliphatic rings. The Kier molecular flexibility index (Phi) is 4.41. The van der Waals surface area contributed by atoms with Crippen molar-refractivity contribution in [1.29, 1.82) is 0 Å². The number of nitrogens with one attached hydrogen (secondary N) is 1. The lowest BCUT2D eigenvalue weighted by atomic mass is 9.92. The van der Waals surface area contributed by atoms with Crippen LogP contribution in [-0.2, 0) is 15.1 Å². The van der Waals surface area contributed by atoms with Crippen LogP contribution in [0.3, 0.4) is 0 Å². The van der Waals surface area contributed by atoms with Crippen LogP contribution in [0.15, 0.2) is 24.3 Å². The minimum absolute atomic E-state index is 0.176. The number of hydrogen-bond acceptors (Lipinski definition) is 4. The minimum Gasteiger partial charge on any atom is -0.406 e. The Morgan fingerprint density at radius 2 is 1.88 bits per heavy atom. The Morgan fingerprint density at radius 1 is 1.29 bits per heavy atom. The first-order valence-electron chi connectivity index (χ1n) is 6.81. The van der Waals surface area contributed by atoms with Crippen LogP contribution in [0.4, 0.5) is 18.0 Å². The van der Waals surface area contributed by atoms with E-state index >= 15 is 0 Å². The Labute approximate surface area is 134 Å². The molecule has 1 aromatic carbocycles. The molecule has 3 N–H and O–H groups in total. The quantitative estimate of drug-likeness (QED) is 0.784. The van der Waals surface area contributed by atoms with Crippen molar-refractivity contribution in [3.05, 3.63) is 29.8 Å². The normalized spacial score (nSPS) is 20.9. The van der Waals surface area contributed by atoms with Crippen LogP contribution in [0, 0.1) is 0 Å². The fourth-order valence-electron chi connectivity index (χ4n) is 2.31. The molecule has 0 unspecified atom stereocenters. The standard InChI is InChI=1S/C14H14F3N3O4/c1-13(8-2-4-9(5-3-8)24-14(15,16)17)11(22)20(12(23)19-13)7-6-10(18)21/h2-5H,6-7H2,1H3,(H2,18,21)(H,19,23)/t13-/m1/s1. The molecule has 1 aliphatic heterocycles. The van der Waals surface area contributed by atoms with E-state index in [1.165, 1.54) is 19.1 Å². The van der Waals surface area contributed by atoms with Crippen LogP contribution in [0.5, 0.6) is 5.75 Å². The SMILES string of the molecule is C[C@]1(c2ccc(OC(F)(F)F)cc2)NC(=O)N(CCC(N)=O)C1=O. The molecule has 7 nitrogen and oxygen atoms in total. The summed E-state index contributed by atoms with van der Waals surface area (Å²) in [7, 11) is 0. The summed E-state index contributed by atoms with van der Waals surface area (Å²) in [6.07, 6.45) is -5.01. The fraction of sp³-hybridized carbons (Fsp3) is 0.357. The number of alkyl halides is 3. The number of primary amides is 1. The molecule has 1 fully saturated rings. The summed E-state index contributed by atoms with van der Waals surface area (Å²) in [5, 5.41) is 2.46. The van der Waals surface area contributed by atoms with E-state index in [0.717, 1.165) is 17.0 Å². The van der Waals surface area contributed by atoms with Gasteiger partial charge in [0.1, 0.15) is 11.3 Å². The first kappa shape index (κ1) is 17.6. The Bertz CT molecular complexity index is 675. The summed E-state index contributed by atoms with van der Waals surface area (Å²) >= 11 is 0. The maximum absolute atomic E-state index is 12.4. The zero-order valence-electron chi connectivity index (χ0n) is 12.5. The minimum atomic E-state index is -4.83. The smallest absolute Gasteiger partial charge is 0.406 e. The first-order chi connectivity index (χ1) is 11.0. The van der Waals surface area contributed by atoms with Crippen molar-refractivity contribution < 1.29 is 32.3 Å². The Morgan fingerprint density at radius 3 is 2.38 bits per heavy atom. The van der Waals surface area contributed by atoms with Gasteiger partial charge in [-0.2, -0.15) is 0 Å². The number of carbonyl (C=O) groups excluding carboxylic acids is 3. The van der Waals surface area contributed by atoms with E-state index in [2.05, 4.69) is 10.1 Å². The van der Waals surface area contributed by atoms with Gasteiger partial charge in [0.05, 0.1) is 0 Å². The number of nitrogens with zero attached hydrogens (tertiary/aromatic N) is 1. The molecular weight excluding hydrogens is 331 g/mol. The average molecular weight is 345 g/mol. The molecular formula is C14H14F3N3O4. The maximum atomic E-state index is 12.4. The van der Waals surface area contributed by atoms with Crippen molar-refractivity contribution in [3.8, 4) is 5.75 Å².